The van der Waals surface area contributed by atoms with Crippen molar-refractivity contribution in [3.8, 4) is 0 Å². The zero-order valence-corrected chi connectivity index (χ0v) is 16.1. The highest BCUT2D eigenvalue weighted by Gasteiger charge is 2.12. The molecule has 0 atom stereocenters. The van der Waals surface area contributed by atoms with Gasteiger partial charge in [0.1, 0.15) is 0 Å². The first kappa shape index (κ1) is 17.5. The van der Waals surface area contributed by atoms with E-state index in [4.69, 9.17) is 0 Å². The third-order valence-electron chi connectivity index (χ3n) is 4.28. The van der Waals surface area contributed by atoms with Gasteiger partial charge >= 0.3 is 6.03 Å². The minimum absolute atomic E-state index is 0.0891. The topological polar surface area (TPSA) is 37.3 Å². The summed E-state index contributed by atoms with van der Waals surface area (Å²) in [6.45, 7) is 8.13. The molecule has 0 spiro atoms. The molecule has 0 fully saturated rings. The zero-order valence-electron chi connectivity index (χ0n) is 15.2. The Hall–Kier alpha value is -2.27. The summed E-state index contributed by atoms with van der Waals surface area (Å²) in [6, 6.07) is 10.2. The van der Waals surface area contributed by atoms with Crippen LogP contribution in [0.5, 0.6) is 0 Å². The van der Waals surface area contributed by atoms with Crippen LogP contribution in [0.1, 0.15) is 24.3 Å². The quantitative estimate of drug-likeness (QED) is 0.660. The number of amides is 2. The van der Waals surface area contributed by atoms with E-state index < -0.39 is 0 Å². The minimum atomic E-state index is -0.0891. The summed E-state index contributed by atoms with van der Waals surface area (Å²) in [4.78, 5) is 15.4. The third-order valence-corrected chi connectivity index (χ3v) is 5.29. The number of aromatic nitrogens is 1. The molecule has 132 valence electrons. The molecule has 2 heterocycles. The van der Waals surface area contributed by atoms with Crippen molar-refractivity contribution in [3.63, 3.8) is 0 Å². The van der Waals surface area contributed by atoms with E-state index >= 15 is 0 Å². The van der Waals surface area contributed by atoms with Crippen molar-refractivity contribution in [2.24, 2.45) is 5.92 Å². The third kappa shape index (κ3) is 4.04. The van der Waals surface area contributed by atoms with Gasteiger partial charge in [0.25, 0.3) is 0 Å². The van der Waals surface area contributed by atoms with Gasteiger partial charge in [-0.05, 0) is 54.1 Å². The second kappa shape index (κ2) is 7.31. The molecule has 2 aromatic heterocycles. The molecule has 0 saturated carbocycles. The summed E-state index contributed by atoms with van der Waals surface area (Å²) in [6.07, 6.45) is 2.11. The number of nitrogens with one attached hydrogen (secondary N) is 1. The Morgan fingerprint density at radius 1 is 1.28 bits per heavy atom. The second-order valence-electron chi connectivity index (χ2n) is 6.95. The minimum Gasteiger partial charge on any atom is -0.347 e. The van der Waals surface area contributed by atoms with Crippen LogP contribution in [0.2, 0.25) is 0 Å². The molecule has 0 bridgehead atoms. The van der Waals surface area contributed by atoms with Crippen LogP contribution >= 0.6 is 11.3 Å². The Bertz CT molecular complexity index is 878. The molecule has 0 unspecified atom stereocenters. The Kier molecular flexibility index (Phi) is 5.13. The molecule has 2 amide bonds. The van der Waals surface area contributed by atoms with Crippen molar-refractivity contribution in [2.45, 2.75) is 33.9 Å². The van der Waals surface area contributed by atoms with Crippen LogP contribution in [0.4, 0.5) is 10.5 Å². The molecule has 1 N–H and O–H groups in total. The molecule has 5 heteroatoms. The molecule has 25 heavy (non-hydrogen) atoms. The first-order valence-corrected chi connectivity index (χ1v) is 9.46. The summed E-state index contributed by atoms with van der Waals surface area (Å²) in [5.74, 6) is 0.601. The Morgan fingerprint density at radius 3 is 2.76 bits per heavy atom. The smallest absolute Gasteiger partial charge is 0.321 e. The van der Waals surface area contributed by atoms with E-state index in [0.717, 1.165) is 17.6 Å². The van der Waals surface area contributed by atoms with Crippen LogP contribution in [0, 0.1) is 12.8 Å². The summed E-state index contributed by atoms with van der Waals surface area (Å²) >= 11 is 1.69. The van der Waals surface area contributed by atoms with Crippen LogP contribution in [0.15, 0.2) is 41.9 Å². The largest absolute Gasteiger partial charge is 0.347 e. The van der Waals surface area contributed by atoms with Gasteiger partial charge in [0.2, 0.25) is 0 Å². The number of carbonyl (C=O) groups excluding carboxylic acids is 1. The molecule has 3 rings (SSSR count). The van der Waals surface area contributed by atoms with E-state index in [9.17, 15) is 4.79 Å². The van der Waals surface area contributed by atoms with Crippen molar-refractivity contribution in [3.05, 3.63) is 52.3 Å². The molecule has 0 aliphatic heterocycles. The lowest BCUT2D eigenvalue weighted by Crippen LogP contribution is -2.30. The molecule has 0 saturated heterocycles. The number of nitrogens with zero attached hydrogens (tertiary/aromatic N) is 2. The van der Waals surface area contributed by atoms with Gasteiger partial charge < -0.3 is 14.8 Å². The number of thiophene rings is 1. The molecular formula is C20H25N3OS. The number of anilines is 1. The van der Waals surface area contributed by atoms with Crippen molar-refractivity contribution in [2.75, 3.05) is 12.4 Å². The number of fused-ring (bicyclic) bond motifs is 1. The fraction of sp³-hybridized carbons (Fsp3) is 0.350. The highest BCUT2D eigenvalue weighted by molar-refractivity contribution is 7.10. The predicted octanol–water partition coefficient (Wildman–Crippen LogP) is 5.33. The number of urea groups is 1. The zero-order chi connectivity index (χ0) is 18.0. The average Bonchev–Trinajstić information content (AvgIpc) is 3.13. The fourth-order valence-corrected chi connectivity index (χ4v) is 3.86. The maximum atomic E-state index is 12.5. The molecule has 4 nitrogen and oxygen atoms in total. The summed E-state index contributed by atoms with van der Waals surface area (Å²) < 4.78 is 2.26. The maximum Gasteiger partial charge on any atom is 0.321 e. The van der Waals surface area contributed by atoms with E-state index in [1.165, 1.54) is 16.0 Å². The summed E-state index contributed by atoms with van der Waals surface area (Å²) in [5.41, 5.74) is 3.27. The van der Waals surface area contributed by atoms with Gasteiger partial charge in [0.05, 0.1) is 6.54 Å². The Labute approximate surface area is 153 Å². The number of rotatable bonds is 5. The molecule has 0 aliphatic rings. The van der Waals surface area contributed by atoms with Crippen LogP contribution in [0.3, 0.4) is 0 Å². The lowest BCUT2D eigenvalue weighted by Gasteiger charge is -2.18. The van der Waals surface area contributed by atoms with Gasteiger partial charge in [-0.2, -0.15) is 0 Å². The Balaban J connectivity index is 1.69. The fourth-order valence-electron chi connectivity index (χ4n) is 2.90. The van der Waals surface area contributed by atoms with Gasteiger partial charge in [-0.25, -0.2) is 4.79 Å². The highest BCUT2D eigenvalue weighted by Crippen LogP contribution is 2.22. The van der Waals surface area contributed by atoms with Crippen LogP contribution in [0.25, 0.3) is 10.9 Å². The Morgan fingerprint density at radius 2 is 2.08 bits per heavy atom. The summed E-state index contributed by atoms with van der Waals surface area (Å²) in [7, 11) is 1.83. The van der Waals surface area contributed by atoms with Crippen LogP contribution < -0.4 is 5.32 Å². The van der Waals surface area contributed by atoms with E-state index in [0.29, 0.717) is 12.5 Å². The predicted molar refractivity (Wildman–Crippen MR) is 106 cm³/mol. The van der Waals surface area contributed by atoms with Crippen LogP contribution in [-0.2, 0) is 13.1 Å². The monoisotopic (exact) mass is 355 g/mol. The lowest BCUT2D eigenvalue weighted by molar-refractivity contribution is 0.221. The van der Waals surface area contributed by atoms with Gasteiger partial charge in [-0.15, -0.1) is 11.3 Å². The normalized spacial score (nSPS) is 11.2. The van der Waals surface area contributed by atoms with Crippen LogP contribution in [-0.4, -0.2) is 22.5 Å². The van der Waals surface area contributed by atoms with Gasteiger partial charge in [0.15, 0.2) is 0 Å². The molecule has 1 aromatic carbocycles. The average molecular weight is 356 g/mol. The number of aryl methyl sites for hydroxylation is 1. The maximum absolute atomic E-state index is 12.5. The summed E-state index contributed by atoms with van der Waals surface area (Å²) in [5, 5.41) is 6.21. The first-order valence-electron chi connectivity index (χ1n) is 8.58. The van der Waals surface area contributed by atoms with E-state index in [1.54, 1.807) is 16.2 Å². The molecule has 0 aliphatic carbocycles. The van der Waals surface area contributed by atoms with Gasteiger partial charge in [-0.1, -0.05) is 13.8 Å². The number of benzene rings is 1. The van der Waals surface area contributed by atoms with Crippen molar-refractivity contribution < 1.29 is 4.79 Å². The lowest BCUT2D eigenvalue weighted by atomic mass is 10.2. The van der Waals surface area contributed by atoms with Crippen molar-refractivity contribution >= 4 is 34.0 Å². The highest BCUT2D eigenvalue weighted by atomic mass is 32.1. The van der Waals surface area contributed by atoms with Gasteiger partial charge in [-0.3, -0.25) is 0 Å². The number of carbonyl (C=O) groups is 1. The number of hydrogen-bond acceptors (Lipinski definition) is 2. The number of hydrogen-bond donors (Lipinski definition) is 1. The van der Waals surface area contributed by atoms with Crippen molar-refractivity contribution in [1.82, 2.24) is 9.47 Å². The SMILES string of the molecule is Cc1ccsc1CN(C)C(=O)Nc1ccc2c(ccn2CC(C)C)c1. The second-order valence-corrected chi connectivity index (χ2v) is 7.95. The van der Waals surface area contributed by atoms with E-state index in [-0.39, 0.29) is 6.03 Å². The van der Waals surface area contributed by atoms with E-state index in [2.05, 4.69) is 60.4 Å². The van der Waals surface area contributed by atoms with E-state index in [1.807, 2.05) is 19.2 Å². The van der Waals surface area contributed by atoms with Crippen molar-refractivity contribution in [1.29, 1.82) is 0 Å². The standard InChI is InChI=1S/C20H25N3OS/c1-14(2)12-23-9-7-16-11-17(5-6-18(16)23)21-20(24)22(4)13-19-15(3)8-10-25-19/h5-11,14H,12-13H2,1-4H3,(H,21,24). The van der Waals surface area contributed by atoms with Gasteiger partial charge in [0, 0.05) is 41.3 Å². The molecule has 0 radical (unpaired) electrons. The first-order chi connectivity index (χ1) is 11.9. The molecule has 3 aromatic rings. The molecular weight excluding hydrogens is 330 g/mol.